The molecular weight excluding hydrogens is 213 g/mol. The molecule has 0 rings (SSSR count). The molecule has 82 valence electrons. The molecule has 0 aliphatic heterocycles. The molecule has 0 aromatic rings. The van der Waals surface area contributed by atoms with E-state index in [1.54, 1.807) is 0 Å². The Morgan fingerprint density at radius 2 is 1.93 bits per heavy atom. The summed E-state index contributed by atoms with van der Waals surface area (Å²) in [6.45, 7) is 3.36. The van der Waals surface area contributed by atoms with Crippen LogP contribution >= 0.6 is 0 Å². The van der Waals surface area contributed by atoms with Crippen LogP contribution in [-0.2, 0) is 9.53 Å². The highest BCUT2D eigenvalue weighted by Gasteiger charge is 2.35. The molecule has 0 radical (unpaired) electrons. The lowest BCUT2D eigenvalue weighted by atomic mass is 10.3. The van der Waals surface area contributed by atoms with Gasteiger partial charge in [-0.25, -0.2) is 17.1 Å². The summed E-state index contributed by atoms with van der Waals surface area (Å²) in [5, 5.41) is 0. The molecule has 14 heavy (non-hydrogen) atoms. The van der Waals surface area contributed by atoms with E-state index in [2.05, 4.69) is 11.3 Å². The maximum Gasteiger partial charge on any atom is 0.616 e. The standard InChI is InChI=1S/C8H13F3O2Si/c1-2-8(12)13-6-4-3-5-7-14(9,10)11/h2H,1,3-7H2. The topological polar surface area (TPSA) is 26.3 Å². The molecule has 0 bridgehead atoms. The fourth-order valence-electron chi connectivity index (χ4n) is 0.836. The first-order chi connectivity index (χ1) is 6.45. The van der Waals surface area contributed by atoms with E-state index < -0.39 is 21.1 Å². The van der Waals surface area contributed by atoms with Gasteiger partial charge in [0.05, 0.1) is 6.61 Å². The fraction of sp³-hybridized carbons (Fsp3) is 0.625. The largest absolute Gasteiger partial charge is 0.616 e. The van der Waals surface area contributed by atoms with Crippen molar-refractivity contribution in [3.63, 3.8) is 0 Å². The van der Waals surface area contributed by atoms with Crippen molar-refractivity contribution in [1.29, 1.82) is 0 Å². The smallest absolute Gasteiger partial charge is 0.463 e. The van der Waals surface area contributed by atoms with E-state index in [0.717, 1.165) is 6.08 Å². The van der Waals surface area contributed by atoms with Gasteiger partial charge in [0.2, 0.25) is 0 Å². The zero-order chi connectivity index (χ0) is 11.0. The first-order valence-corrected chi connectivity index (χ1v) is 6.16. The first kappa shape index (κ1) is 13.2. The van der Waals surface area contributed by atoms with Gasteiger partial charge in [0.1, 0.15) is 0 Å². The monoisotopic (exact) mass is 226 g/mol. The average molecular weight is 226 g/mol. The zero-order valence-corrected chi connectivity index (χ0v) is 8.77. The lowest BCUT2D eigenvalue weighted by Crippen LogP contribution is -2.13. The Balaban J connectivity index is 3.22. The quantitative estimate of drug-likeness (QED) is 0.219. The minimum Gasteiger partial charge on any atom is -0.463 e. The van der Waals surface area contributed by atoms with Crippen LogP contribution in [0.25, 0.3) is 0 Å². The lowest BCUT2D eigenvalue weighted by molar-refractivity contribution is -0.137. The maximum atomic E-state index is 11.8. The second kappa shape index (κ2) is 6.64. The molecule has 0 aliphatic rings. The first-order valence-electron chi connectivity index (χ1n) is 4.31. The van der Waals surface area contributed by atoms with Crippen LogP contribution in [-0.4, -0.2) is 21.7 Å². The summed E-state index contributed by atoms with van der Waals surface area (Å²) in [5.41, 5.74) is 0. The van der Waals surface area contributed by atoms with E-state index in [1.807, 2.05) is 0 Å². The summed E-state index contributed by atoms with van der Waals surface area (Å²) in [4.78, 5) is 10.5. The van der Waals surface area contributed by atoms with Gasteiger partial charge >= 0.3 is 15.0 Å². The Morgan fingerprint density at radius 1 is 1.29 bits per heavy atom. The predicted octanol–water partition coefficient (Wildman–Crippen LogP) is 2.73. The summed E-state index contributed by atoms with van der Waals surface area (Å²) in [7, 11) is -5.37. The molecule has 2 nitrogen and oxygen atoms in total. The maximum absolute atomic E-state index is 11.8. The highest BCUT2D eigenvalue weighted by molar-refractivity contribution is 6.58. The third-order valence-electron chi connectivity index (χ3n) is 1.52. The molecule has 0 heterocycles. The van der Waals surface area contributed by atoms with Gasteiger partial charge in [-0.15, -0.1) is 0 Å². The highest BCUT2D eigenvalue weighted by Crippen LogP contribution is 2.18. The van der Waals surface area contributed by atoms with Gasteiger partial charge in [0, 0.05) is 12.1 Å². The van der Waals surface area contributed by atoms with Crippen molar-refractivity contribution >= 4 is 15.0 Å². The number of carbonyl (C=O) groups excluding carboxylic acids is 1. The van der Waals surface area contributed by atoms with Gasteiger partial charge in [-0.05, 0) is 12.8 Å². The van der Waals surface area contributed by atoms with Crippen LogP contribution in [0, 0.1) is 0 Å². The van der Waals surface area contributed by atoms with Crippen molar-refractivity contribution in [2.75, 3.05) is 6.61 Å². The molecule has 0 amide bonds. The molecule has 0 spiro atoms. The lowest BCUT2D eigenvalue weighted by Gasteiger charge is -2.03. The van der Waals surface area contributed by atoms with Crippen LogP contribution in [0.1, 0.15) is 19.3 Å². The van der Waals surface area contributed by atoms with Gasteiger partial charge in [-0.3, -0.25) is 0 Å². The number of hydrogen-bond acceptors (Lipinski definition) is 2. The minimum atomic E-state index is -5.37. The summed E-state index contributed by atoms with van der Waals surface area (Å²) in [6, 6.07) is -0.637. The Kier molecular flexibility index (Phi) is 6.27. The van der Waals surface area contributed by atoms with Gasteiger partial charge in [-0.2, -0.15) is 0 Å². The number of ether oxygens (including phenoxy) is 1. The number of esters is 1. The number of rotatable bonds is 7. The van der Waals surface area contributed by atoms with E-state index in [1.165, 1.54) is 0 Å². The Morgan fingerprint density at radius 3 is 2.43 bits per heavy atom. The summed E-state index contributed by atoms with van der Waals surface area (Å²) in [5.74, 6) is -0.532. The Hall–Kier alpha value is -0.783. The second-order valence-electron chi connectivity index (χ2n) is 2.80. The molecule has 0 aromatic heterocycles. The number of unbranched alkanes of at least 4 members (excludes halogenated alkanes) is 2. The average Bonchev–Trinajstić information content (AvgIpc) is 2.08. The number of halogens is 3. The molecular formula is C8H13F3O2Si. The van der Waals surface area contributed by atoms with Crippen molar-refractivity contribution in [2.24, 2.45) is 0 Å². The van der Waals surface area contributed by atoms with Crippen LogP contribution in [0.3, 0.4) is 0 Å². The highest BCUT2D eigenvalue weighted by atomic mass is 28.5. The molecule has 0 saturated heterocycles. The normalized spacial score (nSPS) is 11.1. The number of hydrogen-bond donors (Lipinski definition) is 0. The van der Waals surface area contributed by atoms with Crippen LogP contribution < -0.4 is 0 Å². The predicted molar refractivity (Wildman–Crippen MR) is 48.9 cm³/mol. The molecule has 0 N–H and O–H groups in total. The molecule has 0 fully saturated rings. The van der Waals surface area contributed by atoms with E-state index >= 15 is 0 Å². The third-order valence-corrected chi connectivity index (χ3v) is 2.44. The van der Waals surface area contributed by atoms with E-state index in [4.69, 9.17) is 0 Å². The van der Waals surface area contributed by atoms with Crippen molar-refractivity contribution in [2.45, 2.75) is 25.3 Å². The Bertz CT molecular complexity index is 192. The van der Waals surface area contributed by atoms with Crippen LogP contribution in [0.5, 0.6) is 0 Å². The summed E-state index contributed by atoms with van der Waals surface area (Å²) < 4.78 is 40.0. The third kappa shape index (κ3) is 9.31. The van der Waals surface area contributed by atoms with Crippen molar-refractivity contribution in [3.8, 4) is 0 Å². The molecule has 0 aliphatic carbocycles. The van der Waals surface area contributed by atoms with Gasteiger partial charge in [0.15, 0.2) is 0 Å². The van der Waals surface area contributed by atoms with Gasteiger partial charge < -0.3 is 4.74 Å². The Labute approximate surface area is 82.3 Å². The molecule has 0 unspecified atom stereocenters. The van der Waals surface area contributed by atoms with Crippen molar-refractivity contribution < 1.29 is 21.9 Å². The summed E-state index contributed by atoms with van der Waals surface area (Å²) in [6.07, 6.45) is 2.09. The second-order valence-corrected chi connectivity index (χ2v) is 4.53. The zero-order valence-electron chi connectivity index (χ0n) is 7.77. The van der Waals surface area contributed by atoms with E-state index in [9.17, 15) is 17.1 Å². The van der Waals surface area contributed by atoms with Gasteiger partial charge in [0.25, 0.3) is 0 Å². The van der Waals surface area contributed by atoms with Crippen LogP contribution in [0.2, 0.25) is 6.04 Å². The number of carbonyl (C=O) groups is 1. The SMILES string of the molecule is C=CC(=O)OCCCCC[Si](F)(F)F. The van der Waals surface area contributed by atoms with E-state index in [0.29, 0.717) is 12.8 Å². The molecule has 0 aromatic carbocycles. The van der Waals surface area contributed by atoms with E-state index in [-0.39, 0.29) is 13.0 Å². The molecule has 0 atom stereocenters. The van der Waals surface area contributed by atoms with Crippen LogP contribution in [0.4, 0.5) is 12.3 Å². The molecule has 6 heteroatoms. The van der Waals surface area contributed by atoms with Crippen LogP contribution in [0.15, 0.2) is 12.7 Å². The minimum absolute atomic E-state index is 0.140. The van der Waals surface area contributed by atoms with Crippen molar-refractivity contribution in [1.82, 2.24) is 0 Å². The van der Waals surface area contributed by atoms with Gasteiger partial charge in [-0.1, -0.05) is 13.0 Å². The summed E-state index contributed by atoms with van der Waals surface area (Å²) >= 11 is 0. The fourth-order valence-corrected chi connectivity index (χ4v) is 1.49. The van der Waals surface area contributed by atoms with Crippen molar-refractivity contribution in [3.05, 3.63) is 12.7 Å². The molecule has 0 saturated carbocycles.